The Morgan fingerprint density at radius 1 is 1.37 bits per heavy atom. The van der Waals surface area contributed by atoms with Crippen molar-refractivity contribution in [2.24, 2.45) is 5.73 Å². The Bertz CT molecular complexity index is 397. The normalized spacial score (nSPS) is 24.4. The summed E-state index contributed by atoms with van der Waals surface area (Å²) in [6.07, 6.45) is 1.43. The van der Waals surface area contributed by atoms with Crippen molar-refractivity contribution >= 4 is 0 Å². The Kier molecular flexibility index (Phi) is 5.19. The van der Waals surface area contributed by atoms with Gasteiger partial charge in [-0.25, -0.2) is 0 Å². The zero-order chi connectivity index (χ0) is 13.7. The number of rotatable bonds is 5. The molecule has 0 bridgehead atoms. The van der Waals surface area contributed by atoms with Gasteiger partial charge in [-0.1, -0.05) is 18.2 Å². The number of ether oxygens (including phenoxy) is 2. The molecule has 1 aliphatic rings. The summed E-state index contributed by atoms with van der Waals surface area (Å²) in [7, 11) is 1.72. The van der Waals surface area contributed by atoms with Crippen molar-refractivity contribution in [2.45, 2.75) is 25.6 Å². The highest BCUT2D eigenvalue weighted by atomic mass is 16.5. The second kappa shape index (κ2) is 6.89. The van der Waals surface area contributed by atoms with Gasteiger partial charge in [-0.2, -0.15) is 0 Å². The van der Waals surface area contributed by atoms with E-state index in [1.165, 1.54) is 5.56 Å². The number of nitrogens with zero attached hydrogens (tertiary/aromatic N) is 1. The van der Waals surface area contributed by atoms with E-state index < -0.39 is 0 Å². The van der Waals surface area contributed by atoms with Gasteiger partial charge in [0.1, 0.15) is 5.75 Å². The van der Waals surface area contributed by atoms with Crippen LogP contribution in [0.3, 0.4) is 0 Å². The minimum absolute atomic E-state index is 0.168. The Morgan fingerprint density at radius 2 is 2.16 bits per heavy atom. The largest absolute Gasteiger partial charge is 0.496 e. The molecule has 19 heavy (non-hydrogen) atoms. The van der Waals surface area contributed by atoms with Crippen molar-refractivity contribution < 1.29 is 9.47 Å². The lowest BCUT2D eigenvalue weighted by molar-refractivity contribution is -0.0716. The van der Waals surface area contributed by atoms with E-state index in [1.54, 1.807) is 7.11 Å². The summed E-state index contributed by atoms with van der Waals surface area (Å²) in [6.45, 7) is 5.62. The maximum atomic E-state index is 5.77. The fourth-order valence-electron chi connectivity index (χ4n) is 2.64. The summed E-state index contributed by atoms with van der Waals surface area (Å²) in [5.41, 5.74) is 6.97. The highest BCUT2D eigenvalue weighted by Crippen LogP contribution is 2.19. The molecule has 0 spiro atoms. The maximum Gasteiger partial charge on any atom is 0.122 e. The Hall–Kier alpha value is -1.10. The van der Waals surface area contributed by atoms with Gasteiger partial charge in [-0.3, -0.25) is 4.90 Å². The van der Waals surface area contributed by atoms with Crippen molar-refractivity contribution in [3.63, 3.8) is 0 Å². The van der Waals surface area contributed by atoms with E-state index >= 15 is 0 Å². The van der Waals surface area contributed by atoms with E-state index in [2.05, 4.69) is 24.0 Å². The number of methoxy groups -OCH3 is 1. The predicted octanol–water partition coefficient (Wildman–Crippen LogP) is 1.29. The third kappa shape index (κ3) is 3.93. The van der Waals surface area contributed by atoms with Crippen LogP contribution in [0.25, 0.3) is 0 Å². The van der Waals surface area contributed by atoms with E-state index in [4.69, 9.17) is 15.2 Å². The third-order valence-electron chi connectivity index (χ3n) is 3.55. The van der Waals surface area contributed by atoms with E-state index in [9.17, 15) is 0 Å². The molecule has 0 saturated carbocycles. The summed E-state index contributed by atoms with van der Waals surface area (Å²) >= 11 is 0. The number of benzene rings is 1. The van der Waals surface area contributed by atoms with Crippen LogP contribution in [0, 0.1) is 0 Å². The van der Waals surface area contributed by atoms with Gasteiger partial charge < -0.3 is 15.2 Å². The molecule has 4 nitrogen and oxygen atoms in total. The predicted molar refractivity (Wildman–Crippen MR) is 76.5 cm³/mol. The van der Waals surface area contributed by atoms with Gasteiger partial charge in [0.25, 0.3) is 0 Å². The van der Waals surface area contributed by atoms with E-state index in [0.29, 0.717) is 6.54 Å². The van der Waals surface area contributed by atoms with Crippen molar-refractivity contribution in [1.82, 2.24) is 4.90 Å². The van der Waals surface area contributed by atoms with Gasteiger partial charge in [0.2, 0.25) is 0 Å². The molecule has 0 radical (unpaired) electrons. The van der Waals surface area contributed by atoms with Crippen LogP contribution in [0.15, 0.2) is 24.3 Å². The molecule has 1 heterocycles. The highest BCUT2D eigenvalue weighted by molar-refractivity contribution is 5.33. The Morgan fingerprint density at radius 3 is 2.89 bits per heavy atom. The summed E-state index contributed by atoms with van der Waals surface area (Å²) < 4.78 is 11.2. The Balaban J connectivity index is 1.91. The molecule has 0 amide bonds. The second-order valence-electron chi connectivity index (χ2n) is 5.13. The minimum atomic E-state index is 0.168. The van der Waals surface area contributed by atoms with Crippen LogP contribution in [0.5, 0.6) is 5.75 Å². The molecular weight excluding hydrogens is 240 g/mol. The number of para-hydroxylation sites is 1. The van der Waals surface area contributed by atoms with Gasteiger partial charge in [-0.15, -0.1) is 0 Å². The van der Waals surface area contributed by atoms with Gasteiger partial charge in [0.15, 0.2) is 0 Å². The van der Waals surface area contributed by atoms with Crippen LogP contribution in [0.1, 0.15) is 12.5 Å². The smallest absolute Gasteiger partial charge is 0.122 e. The first-order chi connectivity index (χ1) is 9.22. The number of hydrogen-bond donors (Lipinski definition) is 1. The lowest BCUT2D eigenvalue weighted by atomic mass is 10.1. The van der Waals surface area contributed by atoms with Gasteiger partial charge in [0.05, 0.1) is 19.3 Å². The van der Waals surface area contributed by atoms with Crippen molar-refractivity contribution in [3.05, 3.63) is 29.8 Å². The van der Waals surface area contributed by atoms with E-state index in [0.717, 1.165) is 31.8 Å². The molecule has 1 aromatic carbocycles. The Labute approximate surface area is 115 Å². The van der Waals surface area contributed by atoms with E-state index in [-0.39, 0.29) is 12.2 Å². The summed E-state index contributed by atoms with van der Waals surface area (Å²) in [6, 6.07) is 8.20. The van der Waals surface area contributed by atoms with Gasteiger partial charge in [-0.05, 0) is 25.0 Å². The molecule has 2 rings (SSSR count). The van der Waals surface area contributed by atoms with Gasteiger partial charge in [0, 0.05) is 26.2 Å². The molecule has 106 valence electrons. The topological polar surface area (TPSA) is 47.7 Å². The zero-order valence-electron chi connectivity index (χ0n) is 11.8. The molecule has 1 fully saturated rings. The molecule has 0 aliphatic carbocycles. The summed E-state index contributed by atoms with van der Waals surface area (Å²) in [5.74, 6) is 0.971. The van der Waals surface area contributed by atoms with Crippen molar-refractivity contribution in [1.29, 1.82) is 0 Å². The molecule has 2 atom stereocenters. The van der Waals surface area contributed by atoms with E-state index in [1.807, 2.05) is 12.1 Å². The summed E-state index contributed by atoms with van der Waals surface area (Å²) in [5, 5.41) is 0. The number of nitrogens with two attached hydrogens (primary N) is 1. The second-order valence-corrected chi connectivity index (χ2v) is 5.13. The van der Waals surface area contributed by atoms with Gasteiger partial charge >= 0.3 is 0 Å². The molecule has 2 N–H and O–H groups in total. The fraction of sp³-hybridized carbons (Fsp3) is 0.600. The van der Waals surface area contributed by atoms with Crippen molar-refractivity contribution in [3.8, 4) is 5.75 Å². The monoisotopic (exact) mass is 264 g/mol. The van der Waals surface area contributed by atoms with Crippen LogP contribution in [0.2, 0.25) is 0 Å². The lowest BCUT2D eigenvalue weighted by Gasteiger charge is -2.36. The number of morpholine rings is 1. The van der Waals surface area contributed by atoms with Crippen molar-refractivity contribution in [2.75, 3.05) is 33.3 Å². The SMILES string of the molecule is COc1ccccc1CCN1CC(C)OC(CN)C1. The maximum absolute atomic E-state index is 5.77. The first-order valence-corrected chi connectivity index (χ1v) is 6.92. The highest BCUT2D eigenvalue weighted by Gasteiger charge is 2.23. The average Bonchev–Trinajstić information content (AvgIpc) is 2.44. The summed E-state index contributed by atoms with van der Waals surface area (Å²) in [4.78, 5) is 2.43. The van der Waals surface area contributed by atoms with Crippen LogP contribution < -0.4 is 10.5 Å². The van der Waals surface area contributed by atoms with Crippen LogP contribution in [0.4, 0.5) is 0 Å². The van der Waals surface area contributed by atoms with Crippen LogP contribution >= 0.6 is 0 Å². The minimum Gasteiger partial charge on any atom is -0.496 e. The lowest BCUT2D eigenvalue weighted by Crippen LogP contribution is -2.49. The molecule has 1 aliphatic heterocycles. The molecular formula is C15H24N2O2. The fourth-order valence-corrected chi connectivity index (χ4v) is 2.64. The standard InChI is InChI=1S/C15H24N2O2/c1-12-10-17(11-14(9-16)19-12)8-7-13-5-3-4-6-15(13)18-2/h3-6,12,14H,7-11,16H2,1-2H3. The average molecular weight is 264 g/mol. The van der Waals surface area contributed by atoms with Crippen LogP contribution in [-0.4, -0.2) is 50.4 Å². The molecule has 1 aromatic rings. The quantitative estimate of drug-likeness (QED) is 0.870. The third-order valence-corrected chi connectivity index (χ3v) is 3.55. The molecule has 0 aromatic heterocycles. The molecule has 1 saturated heterocycles. The molecule has 4 heteroatoms. The molecule has 2 unspecified atom stereocenters. The first-order valence-electron chi connectivity index (χ1n) is 6.92. The first kappa shape index (κ1) is 14.3. The zero-order valence-corrected chi connectivity index (χ0v) is 11.8. The van der Waals surface area contributed by atoms with Crippen LogP contribution in [-0.2, 0) is 11.2 Å². The number of hydrogen-bond acceptors (Lipinski definition) is 4.